The van der Waals surface area contributed by atoms with Crippen molar-refractivity contribution < 1.29 is 9.21 Å². The van der Waals surface area contributed by atoms with Gasteiger partial charge < -0.3 is 9.73 Å². The maximum Gasteiger partial charge on any atom is 0.240 e. The average Bonchev–Trinajstić information content (AvgIpc) is 2.67. The Morgan fingerprint density at radius 3 is 2.94 bits per heavy atom. The second kappa shape index (κ2) is 4.21. The highest BCUT2D eigenvalue weighted by Crippen LogP contribution is 2.45. The van der Waals surface area contributed by atoms with E-state index in [9.17, 15) is 4.79 Å². The largest absolute Gasteiger partial charge is 0.444 e. The standard InChI is InChI=1S/C12H15N3O2/c1-8-3-12(4-8,7-13)11(16)15-6-10-14-5-9(2)17-10/h5,8H,3-4,6H2,1-2H3,(H,15,16). The molecule has 17 heavy (non-hydrogen) atoms. The first-order chi connectivity index (χ1) is 8.05. The third kappa shape index (κ3) is 2.16. The van der Waals surface area contributed by atoms with Crippen LogP contribution in [-0.2, 0) is 11.3 Å². The van der Waals surface area contributed by atoms with Crippen molar-refractivity contribution in [1.29, 1.82) is 5.26 Å². The van der Waals surface area contributed by atoms with Crippen LogP contribution >= 0.6 is 0 Å². The van der Waals surface area contributed by atoms with Crippen LogP contribution in [0.4, 0.5) is 0 Å². The molecule has 90 valence electrons. The van der Waals surface area contributed by atoms with Crippen LogP contribution in [0.15, 0.2) is 10.6 Å². The quantitative estimate of drug-likeness (QED) is 0.858. The summed E-state index contributed by atoms with van der Waals surface area (Å²) < 4.78 is 5.24. The molecule has 5 heteroatoms. The smallest absolute Gasteiger partial charge is 0.240 e. The third-order valence-electron chi connectivity index (χ3n) is 3.11. The average molecular weight is 233 g/mol. The number of carbonyl (C=O) groups excluding carboxylic acids is 1. The summed E-state index contributed by atoms with van der Waals surface area (Å²) in [4.78, 5) is 15.9. The number of aryl methyl sites for hydroxylation is 1. The fourth-order valence-electron chi connectivity index (χ4n) is 2.27. The zero-order valence-electron chi connectivity index (χ0n) is 9.99. The van der Waals surface area contributed by atoms with E-state index >= 15 is 0 Å². The molecular formula is C12H15N3O2. The summed E-state index contributed by atoms with van der Waals surface area (Å²) in [6.07, 6.45) is 2.88. The molecule has 1 aromatic heterocycles. The molecule has 2 rings (SSSR count). The van der Waals surface area contributed by atoms with Gasteiger partial charge >= 0.3 is 0 Å². The van der Waals surface area contributed by atoms with Gasteiger partial charge in [0.05, 0.1) is 18.8 Å². The molecule has 1 aromatic rings. The SMILES string of the molecule is Cc1cnc(CNC(=O)C2(C#N)CC(C)C2)o1. The summed E-state index contributed by atoms with van der Waals surface area (Å²) in [6.45, 7) is 4.08. The molecule has 1 heterocycles. The van der Waals surface area contributed by atoms with Crippen molar-refractivity contribution in [2.75, 3.05) is 0 Å². The lowest BCUT2D eigenvalue weighted by molar-refractivity contribution is -0.134. The first-order valence-electron chi connectivity index (χ1n) is 5.66. The molecule has 1 aliphatic carbocycles. The van der Waals surface area contributed by atoms with Crippen molar-refractivity contribution in [2.45, 2.75) is 33.2 Å². The van der Waals surface area contributed by atoms with E-state index in [4.69, 9.17) is 9.68 Å². The normalized spacial score (nSPS) is 27.0. The fourth-order valence-corrected chi connectivity index (χ4v) is 2.27. The minimum atomic E-state index is -0.832. The van der Waals surface area contributed by atoms with Crippen molar-refractivity contribution in [2.24, 2.45) is 11.3 Å². The Hall–Kier alpha value is -1.83. The number of hydrogen-bond acceptors (Lipinski definition) is 4. The van der Waals surface area contributed by atoms with Gasteiger partial charge in [0, 0.05) is 0 Å². The Labute approximate surface area is 99.8 Å². The predicted molar refractivity (Wildman–Crippen MR) is 59.5 cm³/mol. The molecule has 0 spiro atoms. The fraction of sp³-hybridized carbons (Fsp3) is 0.583. The number of nitrogens with zero attached hydrogens (tertiary/aromatic N) is 2. The third-order valence-corrected chi connectivity index (χ3v) is 3.11. The van der Waals surface area contributed by atoms with E-state index in [2.05, 4.69) is 16.4 Å². The lowest BCUT2D eigenvalue weighted by Crippen LogP contribution is -2.47. The maximum absolute atomic E-state index is 11.9. The molecule has 0 atom stereocenters. The van der Waals surface area contributed by atoms with Gasteiger partial charge in [0.25, 0.3) is 0 Å². The first-order valence-corrected chi connectivity index (χ1v) is 5.66. The molecule has 0 aromatic carbocycles. The predicted octanol–water partition coefficient (Wildman–Crippen LogP) is 1.54. The molecule has 0 aliphatic heterocycles. The number of hydrogen-bond donors (Lipinski definition) is 1. The number of aromatic nitrogens is 1. The summed E-state index contributed by atoms with van der Waals surface area (Å²) in [6, 6.07) is 2.12. The van der Waals surface area contributed by atoms with E-state index in [1.165, 1.54) is 0 Å². The molecule has 0 bridgehead atoms. The lowest BCUT2D eigenvalue weighted by Gasteiger charge is -2.39. The zero-order valence-corrected chi connectivity index (χ0v) is 9.99. The van der Waals surface area contributed by atoms with Gasteiger partial charge in [-0.3, -0.25) is 4.79 Å². The monoisotopic (exact) mass is 233 g/mol. The molecule has 1 amide bonds. The molecule has 1 fully saturated rings. The Morgan fingerprint density at radius 2 is 2.47 bits per heavy atom. The summed E-state index contributed by atoms with van der Waals surface area (Å²) in [5.41, 5.74) is -0.832. The summed E-state index contributed by atoms with van der Waals surface area (Å²) >= 11 is 0. The molecule has 0 saturated heterocycles. The molecule has 0 radical (unpaired) electrons. The highest BCUT2D eigenvalue weighted by atomic mass is 16.4. The van der Waals surface area contributed by atoms with Gasteiger partial charge in [0.15, 0.2) is 0 Å². The van der Waals surface area contributed by atoms with Gasteiger partial charge in [-0.05, 0) is 25.7 Å². The van der Waals surface area contributed by atoms with E-state index in [-0.39, 0.29) is 12.5 Å². The van der Waals surface area contributed by atoms with Crippen molar-refractivity contribution in [3.05, 3.63) is 17.8 Å². The van der Waals surface area contributed by atoms with Gasteiger partial charge in [-0.2, -0.15) is 5.26 Å². The Bertz CT molecular complexity index is 466. The van der Waals surface area contributed by atoms with Gasteiger partial charge in [-0.15, -0.1) is 0 Å². The van der Waals surface area contributed by atoms with E-state index in [0.29, 0.717) is 30.4 Å². The van der Waals surface area contributed by atoms with Crippen LogP contribution in [0.25, 0.3) is 0 Å². The van der Waals surface area contributed by atoms with Crippen molar-refractivity contribution in [1.82, 2.24) is 10.3 Å². The zero-order chi connectivity index (χ0) is 12.5. The second-order valence-corrected chi connectivity index (χ2v) is 4.75. The van der Waals surface area contributed by atoms with Crippen LogP contribution < -0.4 is 5.32 Å². The molecule has 1 N–H and O–H groups in total. The van der Waals surface area contributed by atoms with Crippen molar-refractivity contribution in [3.63, 3.8) is 0 Å². The van der Waals surface area contributed by atoms with Gasteiger partial charge in [-0.1, -0.05) is 6.92 Å². The number of nitriles is 1. The van der Waals surface area contributed by atoms with Crippen LogP contribution in [0.3, 0.4) is 0 Å². The summed E-state index contributed by atoms with van der Waals surface area (Å²) in [7, 11) is 0. The highest BCUT2D eigenvalue weighted by molar-refractivity contribution is 5.86. The van der Waals surface area contributed by atoms with Crippen molar-refractivity contribution in [3.8, 4) is 6.07 Å². The number of oxazole rings is 1. The summed E-state index contributed by atoms with van der Waals surface area (Å²) in [5, 5.41) is 11.8. The first kappa shape index (κ1) is 11.6. The van der Waals surface area contributed by atoms with E-state index in [0.717, 1.165) is 0 Å². The highest BCUT2D eigenvalue weighted by Gasteiger charge is 2.48. The Morgan fingerprint density at radius 1 is 1.76 bits per heavy atom. The number of nitrogens with one attached hydrogen (secondary N) is 1. The maximum atomic E-state index is 11.9. The Kier molecular flexibility index (Phi) is 2.88. The number of rotatable bonds is 3. The van der Waals surface area contributed by atoms with E-state index in [1.54, 1.807) is 13.1 Å². The Balaban J connectivity index is 1.92. The minimum absolute atomic E-state index is 0.214. The lowest BCUT2D eigenvalue weighted by atomic mass is 9.63. The van der Waals surface area contributed by atoms with Crippen LogP contribution in [0.1, 0.15) is 31.4 Å². The summed E-state index contributed by atoms with van der Waals surface area (Å²) in [5.74, 6) is 1.41. The van der Waals surface area contributed by atoms with Crippen LogP contribution in [0, 0.1) is 29.6 Å². The van der Waals surface area contributed by atoms with Gasteiger partial charge in [0.1, 0.15) is 11.2 Å². The van der Waals surface area contributed by atoms with E-state index < -0.39 is 5.41 Å². The van der Waals surface area contributed by atoms with Crippen LogP contribution in [-0.4, -0.2) is 10.9 Å². The second-order valence-electron chi connectivity index (χ2n) is 4.75. The minimum Gasteiger partial charge on any atom is -0.444 e. The van der Waals surface area contributed by atoms with E-state index in [1.807, 2.05) is 6.92 Å². The molecule has 1 aliphatic rings. The van der Waals surface area contributed by atoms with Crippen LogP contribution in [0.5, 0.6) is 0 Å². The molecule has 5 nitrogen and oxygen atoms in total. The topological polar surface area (TPSA) is 78.9 Å². The molecule has 0 unspecified atom stereocenters. The van der Waals surface area contributed by atoms with Crippen LogP contribution in [0.2, 0.25) is 0 Å². The van der Waals surface area contributed by atoms with Gasteiger partial charge in [-0.25, -0.2) is 4.98 Å². The van der Waals surface area contributed by atoms with Gasteiger partial charge in [0.2, 0.25) is 11.8 Å². The number of amides is 1. The molecule has 1 saturated carbocycles. The number of carbonyl (C=O) groups is 1. The van der Waals surface area contributed by atoms with Crippen molar-refractivity contribution >= 4 is 5.91 Å². The molecular weight excluding hydrogens is 218 g/mol.